The standard InChI is InChI=1S/C23H17F4N3O7/c24-12-6-13(25)21(27)22(20(12)26)36-10-16(31)14(8-19(33)34)29-18(32)9-28-23(35)15-7-17(37-30-15)11-4-2-1-3-5-11/h1-7,14H,8-10H2,(H,28,35)(H,29,32)(H,33,34). The molecule has 3 N–H and O–H groups in total. The fourth-order valence-corrected chi connectivity index (χ4v) is 2.96. The number of hydrogen-bond donors (Lipinski definition) is 3. The van der Waals surface area contributed by atoms with Gasteiger partial charge in [0.1, 0.15) is 12.6 Å². The summed E-state index contributed by atoms with van der Waals surface area (Å²) in [5, 5.41) is 16.8. The molecule has 3 rings (SSSR count). The second kappa shape index (κ2) is 11.8. The van der Waals surface area contributed by atoms with E-state index >= 15 is 0 Å². The Morgan fingerprint density at radius 2 is 1.65 bits per heavy atom. The molecule has 10 nitrogen and oxygen atoms in total. The maximum absolute atomic E-state index is 13.7. The lowest BCUT2D eigenvalue weighted by molar-refractivity contribution is -0.140. The summed E-state index contributed by atoms with van der Waals surface area (Å²) in [6.07, 6.45) is -0.964. The first-order chi connectivity index (χ1) is 17.6. The monoisotopic (exact) mass is 523 g/mol. The molecule has 194 valence electrons. The summed E-state index contributed by atoms with van der Waals surface area (Å²) in [5.41, 5.74) is 0.481. The number of carboxylic acids is 1. The van der Waals surface area contributed by atoms with Crippen LogP contribution in [0.2, 0.25) is 0 Å². The predicted octanol–water partition coefficient (Wildman–Crippen LogP) is 2.24. The van der Waals surface area contributed by atoms with Gasteiger partial charge >= 0.3 is 5.97 Å². The van der Waals surface area contributed by atoms with Crippen LogP contribution in [0, 0.1) is 23.3 Å². The van der Waals surface area contributed by atoms with Crippen LogP contribution in [0.15, 0.2) is 47.0 Å². The molecule has 1 heterocycles. The molecule has 0 radical (unpaired) electrons. The van der Waals surface area contributed by atoms with Crippen LogP contribution in [0.4, 0.5) is 17.6 Å². The fourth-order valence-electron chi connectivity index (χ4n) is 2.96. The summed E-state index contributed by atoms with van der Waals surface area (Å²) in [6, 6.07) is 8.18. The summed E-state index contributed by atoms with van der Waals surface area (Å²) in [4.78, 5) is 47.9. The molecule has 0 aliphatic carbocycles. The van der Waals surface area contributed by atoms with E-state index < -0.39 is 78.2 Å². The van der Waals surface area contributed by atoms with Crippen molar-refractivity contribution < 1.29 is 51.1 Å². The van der Waals surface area contributed by atoms with Crippen LogP contribution >= 0.6 is 0 Å². The van der Waals surface area contributed by atoms with Gasteiger partial charge in [0, 0.05) is 17.7 Å². The Morgan fingerprint density at radius 3 is 2.27 bits per heavy atom. The Kier molecular flexibility index (Phi) is 8.55. The number of carbonyl (C=O) groups excluding carboxylic acids is 3. The summed E-state index contributed by atoms with van der Waals surface area (Å²) >= 11 is 0. The van der Waals surface area contributed by atoms with E-state index in [1.165, 1.54) is 6.07 Å². The van der Waals surface area contributed by atoms with Gasteiger partial charge in [-0.25, -0.2) is 8.78 Å². The lowest BCUT2D eigenvalue weighted by Crippen LogP contribution is -2.47. The van der Waals surface area contributed by atoms with E-state index in [4.69, 9.17) is 9.63 Å². The van der Waals surface area contributed by atoms with Crippen molar-refractivity contribution in [3.63, 3.8) is 0 Å². The van der Waals surface area contributed by atoms with Crippen molar-refractivity contribution in [3.8, 4) is 17.1 Å². The molecule has 1 unspecified atom stereocenters. The molecule has 0 saturated carbocycles. The first kappa shape index (κ1) is 26.8. The van der Waals surface area contributed by atoms with Crippen LogP contribution in [-0.4, -0.2) is 53.0 Å². The molecule has 2 amide bonds. The van der Waals surface area contributed by atoms with E-state index in [1.54, 1.807) is 30.3 Å². The van der Waals surface area contributed by atoms with Crippen molar-refractivity contribution in [1.82, 2.24) is 15.8 Å². The zero-order valence-corrected chi connectivity index (χ0v) is 18.6. The number of ether oxygens (including phenoxy) is 1. The number of Topliss-reactive ketones (excluding diaryl/α,β-unsaturated/α-hetero) is 1. The number of amides is 2. The Morgan fingerprint density at radius 1 is 1.00 bits per heavy atom. The van der Waals surface area contributed by atoms with Gasteiger partial charge in [-0.15, -0.1) is 0 Å². The Labute approximate surface area is 205 Å². The summed E-state index contributed by atoms with van der Waals surface area (Å²) < 4.78 is 63.5. The van der Waals surface area contributed by atoms with E-state index in [0.717, 1.165) is 0 Å². The Bertz CT molecular complexity index is 1310. The largest absolute Gasteiger partial charge is 0.481 e. The molecule has 0 aliphatic rings. The lowest BCUT2D eigenvalue weighted by atomic mass is 10.1. The number of hydrogen-bond acceptors (Lipinski definition) is 7. The molecule has 0 bridgehead atoms. The molecule has 0 aliphatic heterocycles. The highest BCUT2D eigenvalue weighted by atomic mass is 19.2. The van der Waals surface area contributed by atoms with Gasteiger partial charge in [-0.2, -0.15) is 8.78 Å². The number of aromatic nitrogens is 1. The van der Waals surface area contributed by atoms with Gasteiger partial charge in [-0.1, -0.05) is 35.5 Å². The third-order valence-electron chi connectivity index (χ3n) is 4.74. The van der Waals surface area contributed by atoms with E-state index in [-0.39, 0.29) is 17.5 Å². The number of halogens is 4. The van der Waals surface area contributed by atoms with Gasteiger partial charge in [0.2, 0.25) is 17.5 Å². The summed E-state index contributed by atoms with van der Waals surface area (Å²) in [7, 11) is 0. The van der Waals surface area contributed by atoms with Gasteiger partial charge in [0.15, 0.2) is 34.6 Å². The Hall–Kier alpha value is -4.75. The number of benzene rings is 2. The smallest absolute Gasteiger partial charge is 0.305 e. The minimum Gasteiger partial charge on any atom is -0.481 e. The Balaban J connectivity index is 1.58. The van der Waals surface area contributed by atoms with Crippen LogP contribution in [0.1, 0.15) is 16.9 Å². The maximum Gasteiger partial charge on any atom is 0.305 e. The summed E-state index contributed by atoms with van der Waals surface area (Å²) in [5.74, 6) is -13.2. The van der Waals surface area contributed by atoms with Crippen molar-refractivity contribution in [3.05, 3.63) is 71.4 Å². The number of nitrogens with one attached hydrogen (secondary N) is 2. The normalized spacial score (nSPS) is 11.5. The highest BCUT2D eigenvalue weighted by Gasteiger charge is 2.27. The topological polar surface area (TPSA) is 148 Å². The van der Waals surface area contributed by atoms with Crippen molar-refractivity contribution >= 4 is 23.6 Å². The van der Waals surface area contributed by atoms with Gasteiger partial charge in [0.25, 0.3) is 5.91 Å². The minimum absolute atomic E-state index is 0.0668. The number of carboxylic acid groups (broad SMARTS) is 1. The SMILES string of the molecule is O=C(O)CC(NC(=O)CNC(=O)c1cc(-c2ccccc2)on1)C(=O)COc1c(F)c(F)cc(F)c1F. The van der Waals surface area contributed by atoms with Crippen molar-refractivity contribution in [2.24, 2.45) is 0 Å². The third kappa shape index (κ3) is 6.90. The van der Waals surface area contributed by atoms with Crippen LogP contribution < -0.4 is 15.4 Å². The lowest BCUT2D eigenvalue weighted by Gasteiger charge is -2.17. The maximum atomic E-state index is 13.7. The first-order valence-corrected chi connectivity index (χ1v) is 10.4. The van der Waals surface area contributed by atoms with Crippen LogP contribution in [0.3, 0.4) is 0 Å². The van der Waals surface area contributed by atoms with E-state index in [1.807, 2.05) is 5.32 Å². The number of aliphatic carboxylic acids is 1. The highest BCUT2D eigenvalue weighted by molar-refractivity contribution is 5.97. The predicted molar refractivity (Wildman–Crippen MR) is 115 cm³/mol. The molecule has 3 aromatic rings. The molecule has 2 aromatic carbocycles. The van der Waals surface area contributed by atoms with Crippen molar-refractivity contribution in [2.75, 3.05) is 13.2 Å². The molecular weight excluding hydrogens is 506 g/mol. The fraction of sp³-hybridized carbons (Fsp3) is 0.174. The number of carbonyl (C=O) groups is 4. The number of rotatable bonds is 11. The van der Waals surface area contributed by atoms with E-state index in [9.17, 15) is 36.7 Å². The van der Waals surface area contributed by atoms with E-state index in [0.29, 0.717) is 5.56 Å². The number of ketones is 1. The average Bonchev–Trinajstić information content (AvgIpc) is 3.36. The van der Waals surface area contributed by atoms with Crippen LogP contribution in [0.5, 0.6) is 5.75 Å². The van der Waals surface area contributed by atoms with E-state index in [2.05, 4.69) is 15.2 Å². The third-order valence-corrected chi connectivity index (χ3v) is 4.74. The molecular formula is C23H17F4N3O7. The summed E-state index contributed by atoms with van der Waals surface area (Å²) in [6.45, 7) is -1.95. The molecule has 1 atom stereocenters. The number of nitrogens with zero attached hydrogens (tertiary/aromatic N) is 1. The highest BCUT2D eigenvalue weighted by Crippen LogP contribution is 2.26. The van der Waals surface area contributed by atoms with Crippen LogP contribution in [-0.2, 0) is 14.4 Å². The molecule has 0 saturated heterocycles. The molecule has 1 aromatic heterocycles. The minimum atomic E-state index is -1.91. The zero-order valence-electron chi connectivity index (χ0n) is 18.6. The molecule has 0 fully saturated rings. The van der Waals surface area contributed by atoms with Crippen LogP contribution in [0.25, 0.3) is 11.3 Å². The van der Waals surface area contributed by atoms with Crippen molar-refractivity contribution in [2.45, 2.75) is 12.5 Å². The molecule has 0 spiro atoms. The zero-order chi connectivity index (χ0) is 27.1. The molecule has 37 heavy (non-hydrogen) atoms. The quantitative estimate of drug-likeness (QED) is 0.256. The van der Waals surface area contributed by atoms with Gasteiger partial charge in [0.05, 0.1) is 13.0 Å². The van der Waals surface area contributed by atoms with Gasteiger partial charge in [-0.3, -0.25) is 19.2 Å². The van der Waals surface area contributed by atoms with Gasteiger partial charge < -0.3 is 25.0 Å². The first-order valence-electron chi connectivity index (χ1n) is 10.4. The second-order valence-corrected chi connectivity index (χ2v) is 7.40. The van der Waals surface area contributed by atoms with Crippen molar-refractivity contribution in [1.29, 1.82) is 0 Å². The average molecular weight is 523 g/mol. The molecule has 14 heteroatoms. The van der Waals surface area contributed by atoms with Gasteiger partial charge in [-0.05, 0) is 0 Å². The second-order valence-electron chi connectivity index (χ2n) is 7.40.